The summed E-state index contributed by atoms with van der Waals surface area (Å²) in [7, 11) is -5.17. The third-order valence-electron chi connectivity index (χ3n) is 0. The minimum Gasteiger partial charge on any atom is -0.759 e. The zero-order valence-corrected chi connectivity index (χ0v) is 18.0. The number of carboxylic acid groups (broad SMARTS) is 2. The smallest absolute Gasteiger partial charge is 0.759 e. The van der Waals surface area contributed by atoms with E-state index in [1.165, 1.54) is 0 Å². The molecule has 0 N–H and O–H groups in total. The molecule has 0 bridgehead atoms. The number of hydrogen-bond donors (Lipinski definition) is 0. The van der Waals surface area contributed by atoms with E-state index in [-0.39, 0.29) is 152 Å². The Balaban J connectivity index is -0.0000000221. The average molecular weight is 372 g/mol. The summed E-state index contributed by atoms with van der Waals surface area (Å²) in [5, 5.41) is 16.7. The van der Waals surface area contributed by atoms with Gasteiger partial charge >= 0.3 is 152 Å². The molecular formula is CBaK2O7S. The Bertz CT molecular complexity index is 164. The van der Waals surface area contributed by atoms with Gasteiger partial charge in [0.25, 0.3) is 0 Å². The number of carbonyl (C=O) groups excluding carboxylic acids is 1. The van der Waals surface area contributed by atoms with E-state index in [2.05, 4.69) is 0 Å². The second-order valence-electron chi connectivity index (χ2n) is 0.658. The van der Waals surface area contributed by atoms with Crippen molar-refractivity contribution in [2.45, 2.75) is 0 Å². The molecule has 0 radical (unpaired) electrons. The first-order valence-corrected chi connectivity index (χ1v) is 2.61. The first kappa shape index (κ1) is 29.7. The predicted octanol–water partition coefficient (Wildman–Crippen LogP) is -10.2. The number of rotatable bonds is 0. The molecule has 0 aliphatic heterocycles. The molecule has 12 heavy (non-hydrogen) atoms. The zero-order valence-electron chi connectivity index (χ0n) is 6.47. The van der Waals surface area contributed by atoms with Crippen LogP contribution < -0.4 is 113 Å². The van der Waals surface area contributed by atoms with Gasteiger partial charge in [-0.2, -0.15) is 0 Å². The SMILES string of the molecule is O=C([O-])[O-].O=S(=O)([O-])[O-].[Ba+2].[K+].[K+]. The number of carbonyl (C=O) groups is 1. The van der Waals surface area contributed by atoms with Gasteiger partial charge in [0, 0.05) is 10.4 Å². The summed E-state index contributed by atoms with van der Waals surface area (Å²) in [4.78, 5) is 8.33. The zero-order chi connectivity index (χ0) is 8.08. The molecule has 11 heteroatoms. The Morgan fingerprint density at radius 2 is 1.00 bits per heavy atom. The van der Waals surface area contributed by atoms with Crippen LogP contribution in [0.2, 0.25) is 0 Å². The standard InChI is InChI=1S/CH2O3.Ba.2K.H2O4S/c2-1(3)4;;;;1-5(2,3)4/h(H2,2,3,4);;;;(H2,1,2,3,4)/q;+2;2*+1;/p-4. The molecule has 0 aromatic rings. The molecular weight excluding hydrogens is 372 g/mol. The monoisotopic (exact) mass is 372 g/mol. The minimum atomic E-state index is -5.17. The maximum Gasteiger partial charge on any atom is 2.00 e. The van der Waals surface area contributed by atoms with Crippen molar-refractivity contribution in [3.05, 3.63) is 0 Å². The van der Waals surface area contributed by atoms with E-state index in [0.29, 0.717) is 0 Å². The second kappa shape index (κ2) is 17.4. The third-order valence-corrected chi connectivity index (χ3v) is 0. The number of hydrogen-bond acceptors (Lipinski definition) is 7. The summed E-state index contributed by atoms with van der Waals surface area (Å²) < 4.78 is 34.1. The van der Waals surface area contributed by atoms with E-state index >= 15 is 0 Å². The Hall–Kier alpha value is 3.98. The minimum absolute atomic E-state index is 0. The maximum absolute atomic E-state index is 8.52. The van der Waals surface area contributed by atoms with Crippen molar-refractivity contribution < 1.29 is 135 Å². The van der Waals surface area contributed by atoms with Crippen LogP contribution in [0.4, 0.5) is 4.79 Å². The predicted molar refractivity (Wildman–Crippen MR) is 21.6 cm³/mol. The molecule has 0 aliphatic rings. The molecule has 0 spiro atoms. The summed E-state index contributed by atoms with van der Waals surface area (Å²) in [5.41, 5.74) is 0. The molecule has 0 unspecified atom stereocenters. The van der Waals surface area contributed by atoms with Gasteiger partial charge in [-0.1, -0.05) is 0 Å². The van der Waals surface area contributed by atoms with Gasteiger partial charge in [-0.15, -0.1) is 0 Å². The van der Waals surface area contributed by atoms with Crippen LogP contribution in [0.25, 0.3) is 0 Å². The summed E-state index contributed by atoms with van der Waals surface area (Å²) in [6.07, 6.45) is -2.33. The summed E-state index contributed by atoms with van der Waals surface area (Å²) in [6, 6.07) is 0. The Morgan fingerprint density at radius 1 is 1.00 bits per heavy atom. The van der Waals surface area contributed by atoms with Crippen molar-refractivity contribution in [1.82, 2.24) is 0 Å². The molecule has 0 aromatic heterocycles. The summed E-state index contributed by atoms with van der Waals surface area (Å²) >= 11 is 0. The van der Waals surface area contributed by atoms with Gasteiger partial charge in [0.15, 0.2) is 0 Å². The van der Waals surface area contributed by atoms with Crippen LogP contribution in [0.3, 0.4) is 0 Å². The molecule has 0 saturated heterocycles. The molecule has 56 valence electrons. The van der Waals surface area contributed by atoms with E-state index < -0.39 is 16.6 Å². The summed E-state index contributed by atoms with van der Waals surface area (Å²) in [6.45, 7) is 0. The molecule has 0 aromatic carbocycles. The van der Waals surface area contributed by atoms with Crippen LogP contribution >= 0.6 is 0 Å². The van der Waals surface area contributed by atoms with Gasteiger partial charge in [-0.3, -0.25) is 8.42 Å². The van der Waals surface area contributed by atoms with Gasteiger partial charge < -0.3 is 24.1 Å². The largest absolute Gasteiger partial charge is 2.00 e. The van der Waals surface area contributed by atoms with E-state index in [1.807, 2.05) is 0 Å². The van der Waals surface area contributed by atoms with Crippen LogP contribution in [-0.2, 0) is 10.4 Å². The van der Waals surface area contributed by atoms with Crippen LogP contribution in [0.5, 0.6) is 0 Å². The second-order valence-corrected chi connectivity index (χ2v) is 1.47. The van der Waals surface area contributed by atoms with E-state index in [1.54, 1.807) is 0 Å². The first-order valence-electron chi connectivity index (χ1n) is 1.28. The molecule has 0 aliphatic carbocycles. The van der Waals surface area contributed by atoms with Crippen molar-refractivity contribution in [1.29, 1.82) is 0 Å². The van der Waals surface area contributed by atoms with Crippen molar-refractivity contribution in [3.8, 4) is 0 Å². The topological polar surface area (TPSA) is 143 Å². The van der Waals surface area contributed by atoms with Crippen LogP contribution in [0, 0.1) is 0 Å². The van der Waals surface area contributed by atoms with Crippen LogP contribution in [0.1, 0.15) is 0 Å². The third kappa shape index (κ3) is 149. The fourth-order valence-electron chi connectivity index (χ4n) is 0. The fraction of sp³-hybridized carbons (Fsp3) is 0. The fourth-order valence-corrected chi connectivity index (χ4v) is 0. The first-order chi connectivity index (χ1) is 3.73. The Morgan fingerprint density at radius 3 is 1.00 bits per heavy atom. The molecule has 0 heterocycles. The van der Waals surface area contributed by atoms with Gasteiger partial charge in [0.2, 0.25) is 0 Å². The van der Waals surface area contributed by atoms with Crippen LogP contribution in [-0.4, -0.2) is 72.6 Å². The van der Waals surface area contributed by atoms with Crippen molar-refractivity contribution in [2.24, 2.45) is 0 Å². The van der Waals surface area contributed by atoms with Crippen LogP contribution in [0.15, 0.2) is 0 Å². The quantitative estimate of drug-likeness (QED) is 0.233. The van der Waals surface area contributed by atoms with Crippen molar-refractivity contribution in [2.75, 3.05) is 0 Å². The van der Waals surface area contributed by atoms with Gasteiger partial charge in [-0.05, 0) is 6.16 Å². The molecule has 0 fully saturated rings. The van der Waals surface area contributed by atoms with E-state index in [0.717, 1.165) is 0 Å². The molecule has 0 atom stereocenters. The average Bonchev–Trinajstić information content (AvgIpc) is 1.19. The molecule has 7 nitrogen and oxygen atoms in total. The van der Waals surface area contributed by atoms with E-state index in [4.69, 9.17) is 32.5 Å². The Kier molecular flexibility index (Phi) is 43.1. The molecule has 0 saturated carbocycles. The van der Waals surface area contributed by atoms with Crippen molar-refractivity contribution in [3.63, 3.8) is 0 Å². The van der Waals surface area contributed by atoms with E-state index in [9.17, 15) is 0 Å². The molecule has 0 rings (SSSR count). The van der Waals surface area contributed by atoms with Gasteiger partial charge in [0.1, 0.15) is 0 Å². The normalized spacial score (nSPS) is 6.83. The summed E-state index contributed by atoms with van der Waals surface area (Å²) in [5.74, 6) is 0. The maximum atomic E-state index is 8.52. The van der Waals surface area contributed by atoms with Crippen molar-refractivity contribution >= 4 is 65.4 Å². The Labute approximate surface area is 195 Å². The molecule has 0 amide bonds. The van der Waals surface area contributed by atoms with Gasteiger partial charge in [0.05, 0.1) is 0 Å². The van der Waals surface area contributed by atoms with Gasteiger partial charge in [-0.25, -0.2) is 0 Å².